The lowest BCUT2D eigenvalue weighted by atomic mass is 10.0. The van der Waals surface area contributed by atoms with Gasteiger partial charge in [0.05, 0.1) is 0 Å². The SMILES string of the molecule is CNC(CSc1ccccc1Br)c1ccc(C)c(C)c1. The number of nitrogens with one attached hydrogen (secondary N) is 1. The summed E-state index contributed by atoms with van der Waals surface area (Å²) in [6, 6.07) is 15.5. The summed E-state index contributed by atoms with van der Waals surface area (Å²) in [5, 5.41) is 3.42. The Hall–Kier alpha value is -0.770. The second-order valence-corrected chi connectivity index (χ2v) is 6.84. The maximum Gasteiger partial charge on any atom is 0.0413 e. The lowest BCUT2D eigenvalue weighted by molar-refractivity contribution is 0.661. The van der Waals surface area contributed by atoms with Gasteiger partial charge < -0.3 is 5.32 Å². The van der Waals surface area contributed by atoms with Crippen LogP contribution in [-0.2, 0) is 0 Å². The van der Waals surface area contributed by atoms with Crippen LogP contribution < -0.4 is 5.32 Å². The number of thioether (sulfide) groups is 1. The highest BCUT2D eigenvalue weighted by Crippen LogP contribution is 2.30. The van der Waals surface area contributed by atoms with Gasteiger partial charge in [0.2, 0.25) is 0 Å². The molecule has 0 amide bonds. The van der Waals surface area contributed by atoms with Crippen molar-refractivity contribution in [3.8, 4) is 0 Å². The lowest BCUT2D eigenvalue weighted by Crippen LogP contribution is -2.18. The zero-order valence-electron chi connectivity index (χ0n) is 12.1. The summed E-state index contributed by atoms with van der Waals surface area (Å²) in [7, 11) is 2.03. The van der Waals surface area contributed by atoms with Gasteiger partial charge >= 0.3 is 0 Å². The van der Waals surface area contributed by atoms with Crippen molar-refractivity contribution in [3.05, 3.63) is 63.6 Å². The first-order valence-electron chi connectivity index (χ1n) is 6.73. The van der Waals surface area contributed by atoms with Gasteiger partial charge in [0.25, 0.3) is 0 Å². The lowest BCUT2D eigenvalue weighted by Gasteiger charge is -2.18. The van der Waals surface area contributed by atoms with Crippen LogP contribution >= 0.6 is 27.7 Å². The Labute approximate surface area is 134 Å². The van der Waals surface area contributed by atoms with Gasteiger partial charge in [0.15, 0.2) is 0 Å². The minimum atomic E-state index is 0.367. The standard InChI is InChI=1S/C17H20BrNS/c1-12-8-9-14(10-13(12)2)16(19-3)11-20-17-7-5-4-6-15(17)18/h4-10,16,19H,11H2,1-3H3. The van der Waals surface area contributed by atoms with Crippen molar-refractivity contribution in [2.24, 2.45) is 0 Å². The molecule has 0 aliphatic rings. The molecule has 2 aromatic rings. The van der Waals surface area contributed by atoms with Crippen molar-refractivity contribution in [1.29, 1.82) is 0 Å². The number of rotatable bonds is 5. The molecule has 3 heteroatoms. The Kier molecular flexibility index (Phi) is 5.70. The van der Waals surface area contributed by atoms with E-state index in [4.69, 9.17) is 0 Å². The third kappa shape index (κ3) is 3.87. The first-order chi connectivity index (χ1) is 9.61. The molecule has 1 N–H and O–H groups in total. The van der Waals surface area contributed by atoms with E-state index in [-0.39, 0.29) is 0 Å². The van der Waals surface area contributed by atoms with Crippen molar-refractivity contribution < 1.29 is 0 Å². The summed E-state index contributed by atoms with van der Waals surface area (Å²) in [6.45, 7) is 4.33. The van der Waals surface area contributed by atoms with Crippen LogP contribution in [0.4, 0.5) is 0 Å². The van der Waals surface area contributed by atoms with Crippen LogP contribution in [0.3, 0.4) is 0 Å². The number of benzene rings is 2. The predicted molar refractivity (Wildman–Crippen MR) is 92.6 cm³/mol. The van der Waals surface area contributed by atoms with Gasteiger partial charge in [-0.15, -0.1) is 11.8 Å². The molecule has 20 heavy (non-hydrogen) atoms. The van der Waals surface area contributed by atoms with Crippen molar-refractivity contribution in [1.82, 2.24) is 5.32 Å². The van der Waals surface area contributed by atoms with Crippen LogP contribution in [0.1, 0.15) is 22.7 Å². The van der Waals surface area contributed by atoms with E-state index in [9.17, 15) is 0 Å². The van der Waals surface area contributed by atoms with Gasteiger partial charge in [-0.05, 0) is 65.6 Å². The van der Waals surface area contributed by atoms with E-state index < -0.39 is 0 Å². The molecule has 0 aliphatic carbocycles. The molecule has 0 spiro atoms. The van der Waals surface area contributed by atoms with Crippen molar-refractivity contribution >= 4 is 27.7 Å². The molecule has 1 atom stereocenters. The molecule has 0 aliphatic heterocycles. The van der Waals surface area contributed by atoms with Gasteiger partial charge in [-0.2, -0.15) is 0 Å². The summed E-state index contributed by atoms with van der Waals surface area (Å²) in [5.41, 5.74) is 4.06. The topological polar surface area (TPSA) is 12.0 Å². The molecule has 106 valence electrons. The quantitative estimate of drug-likeness (QED) is 0.752. The summed E-state index contributed by atoms with van der Waals surface area (Å²) < 4.78 is 1.17. The first-order valence-corrected chi connectivity index (χ1v) is 8.51. The Morgan fingerprint density at radius 1 is 1.10 bits per heavy atom. The highest BCUT2D eigenvalue weighted by molar-refractivity contribution is 9.10. The molecule has 0 fully saturated rings. The molecule has 0 radical (unpaired) electrons. The molecule has 2 rings (SSSR count). The van der Waals surface area contributed by atoms with Crippen molar-refractivity contribution in [2.75, 3.05) is 12.8 Å². The van der Waals surface area contributed by atoms with Crippen LogP contribution in [0, 0.1) is 13.8 Å². The molecule has 0 bridgehead atoms. The zero-order valence-corrected chi connectivity index (χ0v) is 14.5. The van der Waals surface area contributed by atoms with E-state index in [1.807, 2.05) is 24.9 Å². The van der Waals surface area contributed by atoms with Crippen molar-refractivity contribution in [3.63, 3.8) is 0 Å². The molecule has 0 aromatic heterocycles. The molecule has 1 unspecified atom stereocenters. The average molecular weight is 350 g/mol. The molecule has 2 aromatic carbocycles. The van der Waals surface area contributed by atoms with Gasteiger partial charge in [-0.3, -0.25) is 0 Å². The molecular weight excluding hydrogens is 330 g/mol. The van der Waals surface area contributed by atoms with Gasteiger partial charge in [-0.1, -0.05) is 30.3 Å². The Morgan fingerprint density at radius 2 is 1.85 bits per heavy atom. The van der Waals surface area contributed by atoms with Gasteiger partial charge in [-0.25, -0.2) is 0 Å². The monoisotopic (exact) mass is 349 g/mol. The zero-order chi connectivity index (χ0) is 14.5. The van der Waals surface area contributed by atoms with Crippen LogP contribution in [0.25, 0.3) is 0 Å². The Bertz CT molecular complexity index is 583. The smallest absolute Gasteiger partial charge is 0.0413 e. The van der Waals surface area contributed by atoms with Crippen LogP contribution in [-0.4, -0.2) is 12.8 Å². The molecule has 1 nitrogen and oxygen atoms in total. The fourth-order valence-corrected chi connectivity index (χ4v) is 3.78. The summed E-state index contributed by atoms with van der Waals surface area (Å²) >= 11 is 5.48. The van der Waals surface area contributed by atoms with E-state index in [2.05, 4.69) is 71.5 Å². The van der Waals surface area contributed by atoms with E-state index in [0.29, 0.717) is 6.04 Å². The highest BCUT2D eigenvalue weighted by Gasteiger charge is 2.11. The van der Waals surface area contributed by atoms with Gasteiger partial charge in [0, 0.05) is 21.2 Å². The average Bonchev–Trinajstić information content (AvgIpc) is 2.45. The molecule has 0 saturated carbocycles. The van der Waals surface area contributed by atoms with E-state index >= 15 is 0 Å². The van der Waals surface area contributed by atoms with Gasteiger partial charge in [0.1, 0.15) is 0 Å². The maximum absolute atomic E-state index is 3.60. The minimum absolute atomic E-state index is 0.367. The first kappa shape index (κ1) is 15.6. The second-order valence-electron chi connectivity index (χ2n) is 4.93. The largest absolute Gasteiger partial charge is 0.312 e. The Morgan fingerprint density at radius 3 is 2.50 bits per heavy atom. The molecular formula is C17H20BrNS. The number of hydrogen-bond acceptors (Lipinski definition) is 2. The van der Waals surface area contributed by atoms with E-state index in [0.717, 1.165) is 5.75 Å². The van der Waals surface area contributed by atoms with E-state index in [1.165, 1.54) is 26.1 Å². The summed E-state index contributed by atoms with van der Waals surface area (Å²) in [6.07, 6.45) is 0. The number of hydrogen-bond donors (Lipinski definition) is 1. The Balaban J connectivity index is 2.09. The summed E-state index contributed by atoms with van der Waals surface area (Å²) in [5.74, 6) is 1.02. The van der Waals surface area contributed by atoms with Crippen LogP contribution in [0.2, 0.25) is 0 Å². The third-order valence-corrected chi connectivity index (χ3v) is 5.64. The molecule has 0 saturated heterocycles. The van der Waals surface area contributed by atoms with Crippen molar-refractivity contribution in [2.45, 2.75) is 24.8 Å². The highest BCUT2D eigenvalue weighted by atomic mass is 79.9. The second kappa shape index (κ2) is 7.30. The fourth-order valence-electron chi connectivity index (χ4n) is 2.06. The fraction of sp³-hybridized carbons (Fsp3) is 0.294. The minimum Gasteiger partial charge on any atom is -0.312 e. The normalized spacial score (nSPS) is 12.4. The van der Waals surface area contributed by atoms with E-state index in [1.54, 1.807) is 0 Å². The number of halogens is 1. The number of aryl methyl sites for hydroxylation is 2. The van der Waals surface area contributed by atoms with Crippen LogP contribution in [0.5, 0.6) is 0 Å². The third-order valence-electron chi connectivity index (χ3n) is 3.52. The maximum atomic E-state index is 3.60. The molecule has 0 heterocycles. The summed E-state index contributed by atoms with van der Waals surface area (Å²) in [4.78, 5) is 1.29. The predicted octanol–water partition coefficient (Wildman–Crippen LogP) is 5.12. The van der Waals surface area contributed by atoms with Crippen LogP contribution in [0.15, 0.2) is 51.8 Å².